The first-order valence-corrected chi connectivity index (χ1v) is 5.64. The molecule has 0 heterocycles. The van der Waals surface area contributed by atoms with E-state index in [4.69, 9.17) is 9.47 Å². The molecule has 1 aromatic carbocycles. The van der Waals surface area contributed by atoms with Gasteiger partial charge in [-0.25, -0.2) is 0 Å². The monoisotopic (exact) mass is 236 g/mol. The van der Waals surface area contributed by atoms with Crippen LogP contribution in [-0.2, 0) is 17.6 Å². The second kappa shape index (κ2) is 4.65. The van der Waals surface area contributed by atoms with Crippen molar-refractivity contribution < 1.29 is 19.4 Å². The molecule has 4 nitrogen and oxygen atoms in total. The van der Waals surface area contributed by atoms with Gasteiger partial charge < -0.3 is 14.6 Å². The number of carbonyl (C=O) groups excluding carboxylic acids is 1. The van der Waals surface area contributed by atoms with Gasteiger partial charge in [-0.05, 0) is 24.5 Å². The summed E-state index contributed by atoms with van der Waals surface area (Å²) in [6.45, 7) is 0. The van der Waals surface area contributed by atoms with Crippen LogP contribution in [0.25, 0.3) is 0 Å². The zero-order valence-electron chi connectivity index (χ0n) is 10.1. The van der Waals surface area contributed by atoms with E-state index in [1.54, 1.807) is 6.07 Å². The number of hydrogen-bond donors (Lipinski definition) is 1. The molecular formula is C13H16O4. The first-order valence-electron chi connectivity index (χ1n) is 5.64. The number of aromatic hydroxyl groups is 1. The lowest BCUT2D eigenvalue weighted by Gasteiger charge is -2.16. The number of carbonyl (C=O) groups is 1. The summed E-state index contributed by atoms with van der Waals surface area (Å²) in [6, 6.07) is 1.68. The summed E-state index contributed by atoms with van der Waals surface area (Å²) in [6.07, 6.45) is 2.55. The number of Topliss-reactive ketones (excluding diaryl/α,β-unsaturated/α-hetero) is 1. The van der Waals surface area contributed by atoms with Gasteiger partial charge in [0.15, 0.2) is 11.5 Å². The molecular weight excluding hydrogens is 220 g/mol. The van der Waals surface area contributed by atoms with Gasteiger partial charge in [0.05, 0.1) is 14.2 Å². The fourth-order valence-electron chi connectivity index (χ4n) is 2.31. The smallest absolute Gasteiger partial charge is 0.203 e. The first kappa shape index (κ1) is 11.8. The van der Waals surface area contributed by atoms with Crippen LogP contribution in [0, 0.1) is 0 Å². The molecule has 0 spiro atoms. The van der Waals surface area contributed by atoms with Crippen molar-refractivity contribution in [2.24, 2.45) is 0 Å². The topological polar surface area (TPSA) is 55.8 Å². The maximum absolute atomic E-state index is 11.6. The van der Waals surface area contributed by atoms with Gasteiger partial charge in [-0.3, -0.25) is 4.79 Å². The number of rotatable bonds is 2. The number of fused-ring (bicyclic) bond motifs is 1. The summed E-state index contributed by atoms with van der Waals surface area (Å²) in [7, 11) is 3.00. The van der Waals surface area contributed by atoms with E-state index in [0.717, 1.165) is 24.0 Å². The third kappa shape index (κ3) is 2.07. The van der Waals surface area contributed by atoms with Gasteiger partial charge >= 0.3 is 0 Å². The minimum absolute atomic E-state index is 0.0671. The van der Waals surface area contributed by atoms with E-state index in [0.29, 0.717) is 24.3 Å². The van der Waals surface area contributed by atoms with Crippen molar-refractivity contribution in [1.82, 2.24) is 0 Å². The number of methoxy groups -OCH3 is 2. The number of benzene rings is 1. The molecule has 4 heteroatoms. The van der Waals surface area contributed by atoms with Gasteiger partial charge in [-0.1, -0.05) is 0 Å². The molecule has 0 unspecified atom stereocenters. The van der Waals surface area contributed by atoms with Crippen molar-refractivity contribution in [2.45, 2.75) is 25.7 Å². The van der Waals surface area contributed by atoms with E-state index < -0.39 is 0 Å². The summed E-state index contributed by atoms with van der Waals surface area (Å²) in [5.74, 6) is 1.06. The fourth-order valence-corrected chi connectivity index (χ4v) is 2.31. The first-order chi connectivity index (χ1) is 8.17. The van der Waals surface area contributed by atoms with Gasteiger partial charge in [0.25, 0.3) is 0 Å². The van der Waals surface area contributed by atoms with Crippen LogP contribution in [0.3, 0.4) is 0 Å². The Kier molecular flexibility index (Phi) is 3.22. The lowest BCUT2D eigenvalue weighted by Crippen LogP contribution is -2.04. The van der Waals surface area contributed by atoms with Crippen LogP contribution in [0.1, 0.15) is 24.0 Å². The molecule has 1 aromatic rings. The molecule has 0 saturated carbocycles. The molecule has 1 aliphatic rings. The van der Waals surface area contributed by atoms with Gasteiger partial charge in [0, 0.05) is 18.4 Å². The summed E-state index contributed by atoms with van der Waals surface area (Å²) in [5, 5.41) is 9.85. The highest BCUT2D eigenvalue weighted by molar-refractivity contribution is 5.83. The molecule has 2 rings (SSSR count). The van der Waals surface area contributed by atoms with Crippen LogP contribution >= 0.6 is 0 Å². The van der Waals surface area contributed by atoms with Crippen molar-refractivity contribution in [3.63, 3.8) is 0 Å². The molecule has 0 fully saturated rings. The molecule has 0 amide bonds. The number of phenols is 1. The van der Waals surface area contributed by atoms with Crippen LogP contribution in [0.2, 0.25) is 0 Å². The van der Waals surface area contributed by atoms with E-state index in [1.807, 2.05) is 0 Å². The lowest BCUT2D eigenvalue weighted by atomic mass is 10.0. The van der Waals surface area contributed by atoms with Gasteiger partial charge in [-0.15, -0.1) is 0 Å². The summed E-state index contributed by atoms with van der Waals surface area (Å²) >= 11 is 0. The standard InChI is InChI=1S/C13H16O4/c1-16-12-10-7-9(14)5-3-4-8(10)6-11(15)13(12)17-2/h6,15H,3-5,7H2,1-2H3. The largest absolute Gasteiger partial charge is 0.504 e. The highest BCUT2D eigenvalue weighted by Crippen LogP contribution is 2.42. The normalized spacial score (nSPS) is 15.1. The van der Waals surface area contributed by atoms with Gasteiger partial charge in [0.1, 0.15) is 5.78 Å². The Morgan fingerprint density at radius 2 is 1.88 bits per heavy atom. The molecule has 1 N–H and O–H groups in total. The predicted molar refractivity (Wildman–Crippen MR) is 62.9 cm³/mol. The number of phenolic OH excluding ortho intramolecular Hbond substituents is 1. The predicted octanol–water partition coefficient (Wildman–Crippen LogP) is 1.86. The number of ether oxygens (including phenoxy) is 2. The van der Waals surface area contributed by atoms with Crippen LogP contribution in [0.15, 0.2) is 6.07 Å². The molecule has 92 valence electrons. The molecule has 0 radical (unpaired) electrons. The SMILES string of the molecule is COc1c(O)cc2c(c1OC)CC(=O)CCC2. The molecule has 1 aliphatic carbocycles. The minimum atomic E-state index is 0.0671. The average molecular weight is 236 g/mol. The Morgan fingerprint density at radius 1 is 1.18 bits per heavy atom. The summed E-state index contributed by atoms with van der Waals surface area (Å²) in [5.41, 5.74) is 1.83. The zero-order valence-corrected chi connectivity index (χ0v) is 10.1. The maximum atomic E-state index is 11.6. The average Bonchev–Trinajstić information content (AvgIpc) is 2.48. The highest BCUT2D eigenvalue weighted by Gasteiger charge is 2.23. The third-order valence-corrected chi connectivity index (χ3v) is 3.10. The van der Waals surface area contributed by atoms with E-state index in [1.165, 1.54) is 14.2 Å². The second-order valence-corrected chi connectivity index (χ2v) is 4.17. The minimum Gasteiger partial charge on any atom is -0.504 e. The molecule has 0 atom stereocenters. The van der Waals surface area contributed by atoms with E-state index >= 15 is 0 Å². The summed E-state index contributed by atoms with van der Waals surface area (Å²) in [4.78, 5) is 11.6. The zero-order chi connectivity index (χ0) is 12.4. The highest BCUT2D eigenvalue weighted by atomic mass is 16.5. The Balaban J connectivity index is 2.60. The number of aryl methyl sites for hydroxylation is 1. The van der Waals surface area contributed by atoms with Crippen LogP contribution in [-0.4, -0.2) is 25.1 Å². The van der Waals surface area contributed by atoms with Crippen LogP contribution in [0.5, 0.6) is 17.2 Å². The summed E-state index contributed by atoms with van der Waals surface area (Å²) < 4.78 is 10.4. The molecule has 0 aromatic heterocycles. The van der Waals surface area contributed by atoms with E-state index in [-0.39, 0.29) is 11.5 Å². The van der Waals surface area contributed by atoms with Crippen molar-refractivity contribution >= 4 is 5.78 Å². The molecule has 0 aliphatic heterocycles. The van der Waals surface area contributed by atoms with E-state index in [9.17, 15) is 9.90 Å². The second-order valence-electron chi connectivity index (χ2n) is 4.17. The molecule has 0 saturated heterocycles. The number of ketones is 1. The molecule has 17 heavy (non-hydrogen) atoms. The third-order valence-electron chi connectivity index (χ3n) is 3.10. The number of hydrogen-bond acceptors (Lipinski definition) is 4. The van der Waals surface area contributed by atoms with Crippen molar-refractivity contribution in [3.05, 3.63) is 17.2 Å². The van der Waals surface area contributed by atoms with Gasteiger partial charge in [0.2, 0.25) is 5.75 Å². The quantitative estimate of drug-likeness (QED) is 0.796. The van der Waals surface area contributed by atoms with Crippen molar-refractivity contribution in [1.29, 1.82) is 0 Å². The van der Waals surface area contributed by atoms with Crippen LogP contribution in [0.4, 0.5) is 0 Å². The molecule has 0 bridgehead atoms. The fraction of sp³-hybridized carbons (Fsp3) is 0.462. The maximum Gasteiger partial charge on any atom is 0.203 e. The lowest BCUT2D eigenvalue weighted by molar-refractivity contribution is -0.118. The van der Waals surface area contributed by atoms with Crippen LogP contribution < -0.4 is 9.47 Å². The van der Waals surface area contributed by atoms with Crippen molar-refractivity contribution in [2.75, 3.05) is 14.2 Å². The van der Waals surface area contributed by atoms with E-state index in [2.05, 4.69) is 0 Å². The Bertz CT molecular complexity index is 451. The Morgan fingerprint density at radius 3 is 2.53 bits per heavy atom. The van der Waals surface area contributed by atoms with Crippen molar-refractivity contribution in [3.8, 4) is 17.2 Å². The van der Waals surface area contributed by atoms with Gasteiger partial charge in [-0.2, -0.15) is 0 Å². The Labute approximate surface area is 100 Å². The Hall–Kier alpha value is -1.71.